The number of aromatic nitrogens is 1. The summed E-state index contributed by atoms with van der Waals surface area (Å²) in [5, 5.41) is 6.64. The molecule has 1 saturated heterocycles. The summed E-state index contributed by atoms with van der Waals surface area (Å²) in [5.74, 6) is -0.0576. The molecule has 18 heavy (non-hydrogen) atoms. The fraction of sp³-hybridized carbons (Fsp3) is 0.500. The van der Waals surface area contributed by atoms with Gasteiger partial charge in [-0.3, -0.25) is 4.79 Å². The maximum atomic E-state index is 12.1. The Labute approximate surface area is 116 Å². The third-order valence-electron chi connectivity index (χ3n) is 3.25. The molecule has 2 rings (SSSR count). The van der Waals surface area contributed by atoms with E-state index in [0.717, 1.165) is 18.5 Å². The van der Waals surface area contributed by atoms with Crippen LogP contribution < -0.4 is 10.6 Å². The number of halogens is 2. The van der Waals surface area contributed by atoms with Crippen molar-refractivity contribution in [3.63, 3.8) is 0 Å². The summed E-state index contributed by atoms with van der Waals surface area (Å²) in [6.07, 6.45) is 0.838. The number of rotatable bonds is 2. The van der Waals surface area contributed by atoms with Crippen LogP contribution in [0.15, 0.2) is 6.07 Å². The number of amides is 1. The molecule has 2 heterocycles. The lowest BCUT2D eigenvalue weighted by Crippen LogP contribution is -2.32. The second-order valence-electron chi connectivity index (χ2n) is 4.55. The smallest absolute Gasteiger partial charge is 0.229 e. The molecule has 1 aliphatic rings. The summed E-state index contributed by atoms with van der Waals surface area (Å²) in [4.78, 5) is 16.1. The molecule has 1 amide bonds. The standard InChI is InChI=1S/C12H15Cl2N3O/c1-6-5-9(13)16-11(14)10(6)17-12(18)8-3-4-15-7(8)2/h5,7-8,15H,3-4H2,1-2H3,(H,17,18). The van der Waals surface area contributed by atoms with Crippen LogP contribution in [0.3, 0.4) is 0 Å². The average Bonchev–Trinajstić information content (AvgIpc) is 2.69. The van der Waals surface area contributed by atoms with E-state index in [1.165, 1.54) is 0 Å². The van der Waals surface area contributed by atoms with E-state index in [1.54, 1.807) is 6.07 Å². The highest BCUT2D eigenvalue weighted by atomic mass is 35.5. The first-order valence-electron chi connectivity index (χ1n) is 5.86. The number of nitrogens with one attached hydrogen (secondary N) is 2. The minimum absolute atomic E-state index is 0.0263. The van der Waals surface area contributed by atoms with Gasteiger partial charge in [0.2, 0.25) is 5.91 Å². The van der Waals surface area contributed by atoms with E-state index in [0.29, 0.717) is 10.8 Å². The molecule has 0 spiro atoms. The quantitative estimate of drug-likeness (QED) is 0.823. The first kappa shape index (κ1) is 13.6. The molecule has 2 unspecified atom stereocenters. The third-order valence-corrected chi connectivity index (χ3v) is 3.72. The Morgan fingerprint density at radius 2 is 2.28 bits per heavy atom. The van der Waals surface area contributed by atoms with Gasteiger partial charge in [-0.2, -0.15) is 0 Å². The summed E-state index contributed by atoms with van der Waals surface area (Å²) >= 11 is 11.8. The predicted octanol–water partition coefficient (Wildman–Crippen LogP) is 2.63. The molecule has 2 N–H and O–H groups in total. The largest absolute Gasteiger partial charge is 0.323 e. The van der Waals surface area contributed by atoms with Gasteiger partial charge in [0, 0.05) is 6.04 Å². The molecule has 0 radical (unpaired) electrons. The summed E-state index contributed by atoms with van der Waals surface area (Å²) < 4.78 is 0. The molecule has 0 aromatic carbocycles. The summed E-state index contributed by atoms with van der Waals surface area (Å²) in [6, 6.07) is 1.86. The predicted molar refractivity (Wildman–Crippen MR) is 73.2 cm³/mol. The zero-order valence-electron chi connectivity index (χ0n) is 10.3. The molecular weight excluding hydrogens is 273 g/mol. The lowest BCUT2D eigenvalue weighted by atomic mass is 10.0. The van der Waals surface area contributed by atoms with Crippen molar-refractivity contribution in [2.45, 2.75) is 26.3 Å². The molecule has 0 aliphatic carbocycles. The molecule has 0 saturated carbocycles. The molecule has 1 aliphatic heterocycles. The summed E-state index contributed by atoms with van der Waals surface area (Å²) in [5.41, 5.74) is 1.36. The average molecular weight is 288 g/mol. The highest BCUT2D eigenvalue weighted by Gasteiger charge is 2.30. The van der Waals surface area contributed by atoms with Gasteiger partial charge in [-0.25, -0.2) is 4.98 Å². The molecule has 1 aromatic heterocycles. The molecule has 0 bridgehead atoms. The van der Waals surface area contributed by atoms with Crippen LogP contribution in [-0.2, 0) is 4.79 Å². The molecule has 2 atom stereocenters. The van der Waals surface area contributed by atoms with E-state index in [-0.39, 0.29) is 23.0 Å². The highest BCUT2D eigenvalue weighted by Crippen LogP contribution is 2.28. The number of hydrogen-bond acceptors (Lipinski definition) is 3. The van der Waals surface area contributed by atoms with Crippen molar-refractivity contribution in [3.8, 4) is 0 Å². The van der Waals surface area contributed by atoms with Gasteiger partial charge < -0.3 is 10.6 Å². The molecule has 98 valence electrons. The van der Waals surface area contributed by atoms with Gasteiger partial charge in [0.15, 0.2) is 5.15 Å². The lowest BCUT2D eigenvalue weighted by molar-refractivity contribution is -0.120. The number of anilines is 1. The fourth-order valence-corrected chi connectivity index (χ4v) is 2.76. The minimum atomic E-state index is -0.0313. The molecule has 6 heteroatoms. The summed E-state index contributed by atoms with van der Waals surface area (Å²) in [7, 11) is 0. The van der Waals surface area contributed by atoms with E-state index in [1.807, 2.05) is 13.8 Å². The third kappa shape index (κ3) is 2.76. The molecular formula is C12H15Cl2N3O. The number of hydrogen-bond donors (Lipinski definition) is 2. The summed E-state index contributed by atoms with van der Waals surface area (Å²) in [6.45, 7) is 4.71. The van der Waals surface area contributed by atoms with Crippen LogP contribution in [0.5, 0.6) is 0 Å². The van der Waals surface area contributed by atoms with Crippen LogP contribution >= 0.6 is 23.2 Å². The van der Waals surface area contributed by atoms with Crippen LogP contribution in [0.2, 0.25) is 10.3 Å². The number of pyridine rings is 1. The number of carbonyl (C=O) groups excluding carboxylic acids is 1. The van der Waals surface area contributed by atoms with E-state index in [4.69, 9.17) is 23.2 Å². The maximum absolute atomic E-state index is 12.1. The van der Waals surface area contributed by atoms with E-state index in [2.05, 4.69) is 15.6 Å². The van der Waals surface area contributed by atoms with Crippen molar-refractivity contribution in [2.75, 3.05) is 11.9 Å². The zero-order chi connectivity index (χ0) is 13.3. The number of nitrogens with zero attached hydrogens (tertiary/aromatic N) is 1. The van der Waals surface area contributed by atoms with Crippen molar-refractivity contribution >= 4 is 34.8 Å². The normalized spacial score (nSPS) is 23.1. The first-order chi connectivity index (χ1) is 8.49. The Hall–Kier alpha value is -0.840. The monoisotopic (exact) mass is 287 g/mol. The van der Waals surface area contributed by atoms with Crippen LogP contribution in [-0.4, -0.2) is 23.5 Å². The van der Waals surface area contributed by atoms with E-state index < -0.39 is 0 Å². The van der Waals surface area contributed by atoms with Crippen LogP contribution in [0.25, 0.3) is 0 Å². The van der Waals surface area contributed by atoms with Gasteiger partial charge in [-0.1, -0.05) is 23.2 Å². The Kier molecular flexibility index (Phi) is 4.10. The van der Waals surface area contributed by atoms with Gasteiger partial charge in [-0.05, 0) is 38.4 Å². The minimum Gasteiger partial charge on any atom is -0.323 e. The van der Waals surface area contributed by atoms with Crippen LogP contribution in [0, 0.1) is 12.8 Å². The topological polar surface area (TPSA) is 54.0 Å². The number of aryl methyl sites for hydroxylation is 1. The lowest BCUT2D eigenvalue weighted by Gasteiger charge is -2.16. The Bertz CT molecular complexity index is 455. The van der Waals surface area contributed by atoms with Gasteiger partial charge in [0.25, 0.3) is 0 Å². The van der Waals surface area contributed by atoms with Crippen LogP contribution in [0.1, 0.15) is 18.9 Å². The first-order valence-corrected chi connectivity index (χ1v) is 6.61. The molecule has 1 aromatic rings. The van der Waals surface area contributed by atoms with Gasteiger partial charge >= 0.3 is 0 Å². The zero-order valence-corrected chi connectivity index (χ0v) is 11.8. The van der Waals surface area contributed by atoms with Crippen molar-refractivity contribution in [2.24, 2.45) is 5.92 Å². The second kappa shape index (κ2) is 5.43. The SMILES string of the molecule is Cc1cc(Cl)nc(Cl)c1NC(=O)C1CCNC1C. The maximum Gasteiger partial charge on any atom is 0.229 e. The van der Waals surface area contributed by atoms with Crippen LogP contribution in [0.4, 0.5) is 5.69 Å². The Morgan fingerprint density at radius 1 is 1.56 bits per heavy atom. The highest BCUT2D eigenvalue weighted by molar-refractivity contribution is 6.34. The van der Waals surface area contributed by atoms with Gasteiger partial charge in [0.05, 0.1) is 11.6 Å². The Morgan fingerprint density at radius 3 is 2.83 bits per heavy atom. The van der Waals surface area contributed by atoms with Crippen molar-refractivity contribution < 1.29 is 4.79 Å². The second-order valence-corrected chi connectivity index (χ2v) is 5.30. The van der Waals surface area contributed by atoms with E-state index in [9.17, 15) is 4.79 Å². The van der Waals surface area contributed by atoms with Gasteiger partial charge in [-0.15, -0.1) is 0 Å². The van der Waals surface area contributed by atoms with Crippen molar-refractivity contribution in [3.05, 3.63) is 21.9 Å². The van der Waals surface area contributed by atoms with E-state index >= 15 is 0 Å². The molecule has 4 nitrogen and oxygen atoms in total. The van der Waals surface area contributed by atoms with Crippen molar-refractivity contribution in [1.82, 2.24) is 10.3 Å². The number of carbonyl (C=O) groups is 1. The van der Waals surface area contributed by atoms with Crippen molar-refractivity contribution in [1.29, 1.82) is 0 Å². The van der Waals surface area contributed by atoms with Gasteiger partial charge in [0.1, 0.15) is 5.15 Å². The fourth-order valence-electron chi connectivity index (χ4n) is 2.18. The Balaban J connectivity index is 2.17. The molecule has 1 fully saturated rings.